The van der Waals surface area contributed by atoms with Gasteiger partial charge in [0.05, 0.1) is 0 Å². The van der Waals surface area contributed by atoms with Crippen molar-refractivity contribution in [3.05, 3.63) is 30.3 Å². The average Bonchev–Trinajstić information content (AvgIpc) is 2.50. The third-order valence-electron chi connectivity index (χ3n) is 3.43. The van der Waals surface area contributed by atoms with Crippen molar-refractivity contribution in [3.8, 4) is 0 Å². The summed E-state index contributed by atoms with van der Waals surface area (Å²) in [6.07, 6.45) is 3.56. The molecular formula is C18H25NO4. The first-order valence-electron chi connectivity index (χ1n) is 8.04. The van der Waals surface area contributed by atoms with Crippen LogP contribution in [0, 0.1) is 0 Å². The Bertz CT molecular complexity index is 513. The summed E-state index contributed by atoms with van der Waals surface area (Å²) in [5.74, 6) is -0.479. The maximum Gasteiger partial charge on any atom is 0.303 e. The van der Waals surface area contributed by atoms with Crippen LogP contribution in [0.5, 0.6) is 0 Å². The zero-order valence-corrected chi connectivity index (χ0v) is 13.8. The molecule has 1 amide bonds. The lowest BCUT2D eigenvalue weighted by molar-refractivity contribution is -0.151. The van der Waals surface area contributed by atoms with Gasteiger partial charge < -0.3 is 10.1 Å². The fourth-order valence-electron chi connectivity index (χ4n) is 2.20. The second-order valence-corrected chi connectivity index (χ2v) is 5.55. The minimum Gasteiger partial charge on any atom is -0.455 e. The van der Waals surface area contributed by atoms with Crippen molar-refractivity contribution in [3.63, 3.8) is 0 Å². The van der Waals surface area contributed by atoms with E-state index in [1.165, 1.54) is 6.92 Å². The standard InChI is InChI=1S/C18H25NO4/c1-14(23-15(2)20)17(21)12-8-3-4-9-13-18(22)19-16-10-6-5-7-11-16/h5-7,10-11,14H,3-4,8-9,12-13H2,1-2H3,(H,19,22)/t14-/m1/s1. The van der Waals surface area contributed by atoms with Crippen LogP contribution in [0.1, 0.15) is 52.4 Å². The van der Waals surface area contributed by atoms with Crippen LogP contribution in [0.2, 0.25) is 0 Å². The molecule has 5 nitrogen and oxygen atoms in total. The molecule has 0 saturated heterocycles. The molecule has 0 aliphatic heterocycles. The zero-order chi connectivity index (χ0) is 17.1. The van der Waals surface area contributed by atoms with Gasteiger partial charge in [-0.15, -0.1) is 0 Å². The topological polar surface area (TPSA) is 72.5 Å². The van der Waals surface area contributed by atoms with Crippen LogP contribution in [0.4, 0.5) is 5.69 Å². The SMILES string of the molecule is CC(=O)O[C@H](C)C(=O)CCCCCCC(=O)Nc1ccccc1. The number of rotatable bonds is 10. The molecule has 1 aromatic carbocycles. The van der Waals surface area contributed by atoms with E-state index in [-0.39, 0.29) is 11.7 Å². The van der Waals surface area contributed by atoms with E-state index in [0.717, 1.165) is 31.4 Å². The number of carbonyl (C=O) groups excluding carboxylic acids is 3. The van der Waals surface area contributed by atoms with Crippen molar-refractivity contribution in [1.29, 1.82) is 0 Å². The van der Waals surface area contributed by atoms with E-state index >= 15 is 0 Å². The quantitative estimate of drug-likeness (QED) is 0.529. The van der Waals surface area contributed by atoms with Crippen LogP contribution in [-0.2, 0) is 19.1 Å². The van der Waals surface area contributed by atoms with E-state index in [2.05, 4.69) is 5.32 Å². The lowest BCUT2D eigenvalue weighted by Crippen LogP contribution is -2.22. The molecule has 23 heavy (non-hydrogen) atoms. The Labute approximate surface area is 137 Å². The van der Waals surface area contributed by atoms with Crippen LogP contribution in [0.15, 0.2) is 30.3 Å². The largest absolute Gasteiger partial charge is 0.455 e. The van der Waals surface area contributed by atoms with Crippen LogP contribution in [0.25, 0.3) is 0 Å². The van der Waals surface area contributed by atoms with Crippen molar-refractivity contribution >= 4 is 23.3 Å². The number of carbonyl (C=O) groups is 3. The second-order valence-electron chi connectivity index (χ2n) is 5.55. The van der Waals surface area contributed by atoms with Gasteiger partial charge in [-0.3, -0.25) is 14.4 Å². The summed E-state index contributed by atoms with van der Waals surface area (Å²) < 4.78 is 4.84. The first-order chi connectivity index (χ1) is 11.0. The predicted octanol–water partition coefficient (Wildman–Crippen LogP) is 3.49. The Hall–Kier alpha value is -2.17. The molecule has 1 N–H and O–H groups in total. The Balaban J connectivity index is 2.06. The smallest absolute Gasteiger partial charge is 0.303 e. The summed E-state index contributed by atoms with van der Waals surface area (Å²) in [4.78, 5) is 34.2. The molecule has 0 fully saturated rings. The van der Waals surface area contributed by atoms with Crippen molar-refractivity contribution in [2.24, 2.45) is 0 Å². The number of esters is 1. The first kappa shape index (κ1) is 18.9. The second kappa shape index (κ2) is 10.5. The highest BCUT2D eigenvalue weighted by atomic mass is 16.5. The number of ether oxygens (including phenoxy) is 1. The van der Waals surface area contributed by atoms with E-state index in [0.29, 0.717) is 12.8 Å². The summed E-state index contributed by atoms with van der Waals surface area (Å²) in [5.41, 5.74) is 0.808. The minimum absolute atomic E-state index is 0.00996. The van der Waals surface area contributed by atoms with Gasteiger partial charge in [0.2, 0.25) is 5.91 Å². The molecule has 126 valence electrons. The van der Waals surface area contributed by atoms with Gasteiger partial charge in [-0.05, 0) is 31.9 Å². The molecule has 0 heterocycles. The van der Waals surface area contributed by atoms with Crippen LogP contribution < -0.4 is 5.32 Å². The monoisotopic (exact) mass is 319 g/mol. The predicted molar refractivity (Wildman–Crippen MR) is 89.0 cm³/mol. The maximum atomic E-state index is 11.7. The number of anilines is 1. The molecule has 5 heteroatoms. The lowest BCUT2D eigenvalue weighted by atomic mass is 10.1. The van der Waals surface area contributed by atoms with Gasteiger partial charge in [-0.25, -0.2) is 0 Å². The van der Waals surface area contributed by atoms with Gasteiger partial charge in [0.15, 0.2) is 11.9 Å². The molecular weight excluding hydrogens is 294 g/mol. The van der Waals surface area contributed by atoms with E-state index in [1.54, 1.807) is 6.92 Å². The average molecular weight is 319 g/mol. The molecule has 0 aromatic heterocycles. The van der Waals surface area contributed by atoms with Gasteiger partial charge >= 0.3 is 5.97 Å². The third kappa shape index (κ3) is 8.76. The number of Topliss-reactive ketones (excluding diaryl/α,β-unsaturated/α-hetero) is 1. The molecule has 0 radical (unpaired) electrons. The molecule has 1 atom stereocenters. The summed E-state index contributed by atoms with van der Waals surface area (Å²) in [7, 11) is 0. The van der Waals surface area contributed by atoms with E-state index in [1.807, 2.05) is 30.3 Å². The van der Waals surface area contributed by atoms with E-state index in [9.17, 15) is 14.4 Å². The number of nitrogens with one attached hydrogen (secondary N) is 1. The van der Waals surface area contributed by atoms with Gasteiger partial charge in [0.1, 0.15) is 0 Å². The van der Waals surface area contributed by atoms with Crippen molar-refractivity contribution < 1.29 is 19.1 Å². The zero-order valence-electron chi connectivity index (χ0n) is 13.8. The number of ketones is 1. The van der Waals surface area contributed by atoms with Crippen LogP contribution in [0.3, 0.4) is 0 Å². The molecule has 1 rings (SSSR count). The van der Waals surface area contributed by atoms with Gasteiger partial charge in [0, 0.05) is 25.5 Å². The summed E-state index contributed by atoms with van der Waals surface area (Å²) in [5, 5.41) is 2.84. The molecule has 1 aromatic rings. The molecule has 0 bridgehead atoms. The van der Waals surface area contributed by atoms with E-state index < -0.39 is 12.1 Å². The number of para-hydroxylation sites is 1. The number of unbranched alkanes of at least 4 members (excludes halogenated alkanes) is 3. The normalized spacial score (nSPS) is 11.6. The van der Waals surface area contributed by atoms with Crippen molar-refractivity contribution in [2.45, 2.75) is 58.5 Å². The fraction of sp³-hybridized carbons (Fsp3) is 0.500. The first-order valence-corrected chi connectivity index (χ1v) is 8.04. The van der Waals surface area contributed by atoms with Crippen molar-refractivity contribution in [1.82, 2.24) is 0 Å². The molecule has 0 aliphatic rings. The Kier molecular flexibility index (Phi) is 8.65. The lowest BCUT2D eigenvalue weighted by Gasteiger charge is -2.10. The van der Waals surface area contributed by atoms with Gasteiger partial charge in [-0.2, -0.15) is 0 Å². The summed E-state index contributed by atoms with van der Waals surface area (Å²) in [6.45, 7) is 2.89. The van der Waals surface area contributed by atoms with Crippen LogP contribution in [-0.4, -0.2) is 23.8 Å². The Morgan fingerprint density at radius 3 is 2.22 bits per heavy atom. The summed E-state index contributed by atoms with van der Waals surface area (Å²) >= 11 is 0. The fourth-order valence-corrected chi connectivity index (χ4v) is 2.20. The Morgan fingerprint density at radius 2 is 1.61 bits per heavy atom. The minimum atomic E-state index is -0.663. The highest BCUT2D eigenvalue weighted by Gasteiger charge is 2.14. The third-order valence-corrected chi connectivity index (χ3v) is 3.43. The highest BCUT2D eigenvalue weighted by molar-refractivity contribution is 5.90. The number of hydrogen-bond donors (Lipinski definition) is 1. The number of benzene rings is 1. The molecule has 0 unspecified atom stereocenters. The summed E-state index contributed by atoms with van der Waals surface area (Å²) in [6, 6.07) is 9.37. The number of amides is 1. The molecule has 0 saturated carbocycles. The Morgan fingerprint density at radius 1 is 1.00 bits per heavy atom. The molecule has 0 aliphatic carbocycles. The maximum absolute atomic E-state index is 11.7. The van der Waals surface area contributed by atoms with Gasteiger partial charge in [0.25, 0.3) is 0 Å². The van der Waals surface area contributed by atoms with Gasteiger partial charge in [-0.1, -0.05) is 31.0 Å². The van der Waals surface area contributed by atoms with Crippen molar-refractivity contribution in [2.75, 3.05) is 5.32 Å². The highest BCUT2D eigenvalue weighted by Crippen LogP contribution is 2.10. The van der Waals surface area contributed by atoms with Crippen LogP contribution >= 0.6 is 0 Å². The van der Waals surface area contributed by atoms with E-state index in [4.69, 9.17) is 4.74 Å². The molecule has 0 spiro atoms. The number of hydrogen-bond acceptors (Lipinski definition) is 4.